The first kappa shape index (κ1) is 12.4. The van der Waals surface area contributed by atoms with Crippen LogP contribution in [0.25, 0.3) is 0 Å². The Morgan fingerprint density at radius 3 is 2.07 bits per heavy atom. The van der Waals surface area contributed by atoms with Gasteiger partial charge in [-0.05, 0) is 29.5 Å². The summed E-state index contributed by atoms with van der Waals surface area (Å²) in [4.78, 5) is 12.0. The van der Waals surface area contributed by atoms with E-state index in [2.05, 4.69) is 42.1 Å². The molecule has 0 N–H and O–H groups in total. The van der Waals surface area contributed by atoms with E-state index in [0.29, 0.717) is 0 Å². The van der Waals surface area contributed by atoms with E-state index in [0.717, 1.165) is 15.2 Å². The second-order valence-corrected chi connectivity index (χ2v) is 10.6. The third-order valence-electron chi connectivity index (χ3n) is 2.29. The van der Waals surface area contributed by atoms with Crippen molar-refractivity contribution in [1.29, 1.82) is 0 Å². The van der Waals surface area contributed by atoms with Gasteiger partial charge in [-0.1, -0.05) is 42.1 Å². The molecule has 0 saturated carbocycles. The second-order valence-electron chi connectivity index (χ2n) is 4.56. The van der Waals surface area contributed by atoms with Gasteiger partial charge in [-0.2, -0.15) is 0 Å². The van der Waals surface area contributed by atoms with Gasteiger partial charge >= 0.3 is 0 Å². The monoisotopic (exact) mass is 282 g/mol. The number of hydrogen-bond donors (Lipinski definition) is 0. The van der Waals surface area contributed by atoms with Gasteiger partial charge in [-0.3, -0.25) is 4.79 Å². The van der Waals surface area contributed by atoms with Crippen LogP contribution in [0.15, 0.2) is 40.5 Å². The number of carbonyl (C=O) groups excluding carboxylic acids is 1. The zero-order chi connectivity index (χ0) is 11.6. The van der Waals surface area contributed by atoms with E-state index in [-0.39, 0.29) is 5.78 Å². The highest BCUT2D eigenvalue weighted by Crippen LogP contribution is 2.19. The topological polar surface area (TPSA) is 17.1 Å². The second kappa shape index (κ2) is 4.45. The molecule has 3 heteroatoms. The summed E-state index contributed by atoms with van der Waals surface area (Å²) >= 11 is 3.35. The lowest BCUT2D eigenvalue weighted by Gasteiger charge is -2.18. The minimum atomic E-state index is -1.58. The van der Waals surface area contributed by atoms with Crippen LogP contribution < -0.4 is 0 Å². The number of allylic oxidation sites excluding steroid dienone is 1. The summed E-state index contributed by atoms with van der Waals surface area (Å²) in [6.45, 7) is 10.3. The zero-order valence-electron chi connectivity index (χ0n) is 9.30. The van der Waals surface area contributed by atoms with Crippen molar-refractivity contribution in [2.24, 2.45) is 0 Å². The molecule has 0 aliphatic rings. The number of Topliss-reactive ketones (excluding diaryl/α,β-unsaturated/α-hetero) is 1. The Morgan fingerprint density at radius 2 is 1.67 bits per heavy atom. The number of benzene rings is 1. The molecule has 1 aromatic rings. The molecule has 1 aromatic carbocycles. The number of hydrogen-bond acceptors (Lipinski definition) is 1. The fourth-order valence-electron chi connectivity index (χ4n) is 1.12. The third kappa shape index (κ3) is 3.14. The third-order valence-corrected chi connectivity index (χ3v) is 4.85. The van der Waals surface area contributed by atoms with Crippen LogP contribution in [0, 0.1) is 0 Å². The van der Waals surface area contributed by atoms with Crippen LogP contribution in [-0.2, 0) is 0 Å². The molecule has 0 amide bonds. The fraction of sp³-hybridized carbons (Fsp3) is 0.250. The first-order valence-electron chi connectivity index (χ1n) is 4.82. The molecule has 0 aliphatic heterocycles. The maximum absolute atomic E-state index is 12.0. The largest absolute Gasteiger partial charge is 0.289 e. The van der Waals surface area contributed by atoms with Crippen molar-refractivity contribution in [1.82, 2.24) is 0 Å². The molecule has 0 spiro atoms. The van der Waals surface area contributed by atoms with E-state index in [1.165, 1.54) is 0 Å². The highest BCUT2D eigenvalue weighted by molar-refractivity contribution is 9.10. The molecule has 0 radical (unpaired) electrons. The Bertz CT molecular complexity index is 387. The molecule has 0 fully saturated rings. The number of halogens is 1. The summed E-state index contributed by atoms with van der Waals surface area (Å²) in [5.41, 5.74) is 0.727. The molecular formula is C12H15BrOSi. The molecule has 0 saturated heterocycles. The summed E-state index contributed by atoms with van der Waals surface area (Å²) in [6.07, 6.45) is 0. The summed E-state index contributed by atoms with van der Waals surface area (Å²) in [6, 6.07) is 7.42. The summed E-state index contributed by atoms with van der Waals surface area (Å²) in [5.74, 6) is 0.0849. The predicted octanol–water partition coefficient (Wildman–Crippen LogP) is 4.07. The fourth-order valence-corrected chi connectivity index (χ4v) is 2.21. The van der Waals surface area contributed by atoms with Gasteiger partial charge < -0.3 is 0 Å². The van der Waals surface area contributed by atoms with Crippen LogP contribution >= 0.6 is 15.9 Å². The van der Waals surface area contributed by atoms with Crippen molar-refractivity contribution in [3.63, 3.8) is 0 Å². The van der Waals surface area contributed by atoms with Crippen molar-refractivity contribution < 1.29 is 4.79 Å². The lowest BCUT2D eigenvalue weighted by atomic mass is 10.1. The van der Waals surface area contributed by atoms with Crippen LogP contribution in [0.1, 0.15) is 10.4 Å². The lowest BCUT2D eigenvalue weighted by Crippen LogP contribution is -2.28. The van der Waals surface area contributed by atoms with Crippen LogP contribution in [0.5, 0.6) is 0 Å². The predicted molar refractivity (Wildman–Crippen MR) is 71.0 cm³/mol. The molecule has 0 atom stereocenters. The van der Waals surface area contributed by atoms with Crippen molar-refractivity contribution in [3.05, 3.63) is 46.1 Å². The van der Waals surface area contributed by atoms with E-state index in [9.17, 15) is 4.79 Å². The Labute approximate surface area is 100 Å². The van der Waals surface area contributed by atoms with Crippen LogP contribution in [0.2, 0.25) is 19.6 Å². The van der Waals surface area contributed by atoms with Gasteiger partial charge in [0.25, 0.3) is 0 Å². The average Bonchev–Trinajstić information content (AvgIpc) is 2.15. The molecule has 0 aromatic heterocycles. The van der Waals surface area contributed by atoms with Crippen LogP contribution in [0.3, 0.4) is 0 Å². The average molecular weight is 283 g/mol. The van der Waals surface area contributed by atoms with Crippen molar-refractivity contribution in [3.8, 4) is 0 Å². The quantitative estimate of drug-likeness (QED) is 0.464. The number of ketones is 1. The van der Waals surface area contributed by atoms with Gasteiger partial charge in [0.05, 0.1) is 8.07 Å². The van der Waals surface area contributed by atoms with Crippen molar-refractivity contribution in [2.45, 2.75) is 19.6 Å². The van der Waals surface area contributed by atoms with Crippen LogP contribution in [0.4, 0.5) is 0 Å². The first-order chi connectivity index (χ1) is 6.82. The molecule has 15 heavy (non-hydrogen) atoms. The Morgan fingerprint density at radius 1 is 1.20 bits per heavy atom. The maximum Gasteiger partial charge on any atom is 0.184 e. The number of rotatable bonds is 3. The molecule has 1 rings (SSSR count). The highest BCUT2D eigenvalue weighted by Gasteiger charge is 2.24. The van der Waals surface area contributed by atoms with Gasteiger partial charge in [0.2, 0.25) is 0 Å². The molecule has 0 bridgehead atoms. The summed E-state index contributed by atoms with van der Waals surface area (Å²) < 4.78 is 0.984. The maximum atomic E-state index is 12.0. The molecule has 0 heterocycles. The minimum absolute atomic E-state index is 0.0849. The zero-order valence-corrected chi connectivity index (χ0v) is 11.9. The van der Waals surface area contributed by atoms with E-state index in [4.69, 9.17) is 0 Å². The first-order valence-corrected chi connectivity index (χ1v) is 9.11. The van der Waals surface area contributed by atoms with Crippen molar-refractivity contribution in [2.75, 3.05) is 0 Å². The normalized spacial score (nSPS) is 11.2. The van der Waals surface area contributed by atoms with E-state index >= 15 is 0 Å². The van der Waals surface area contributed by atoms with E-state index < -0.39 is 8.07 Å². The van der Waals surface area contributed by atoms with Gasteiger partial charge in [0, 0.05) is 10.0 Å². The molecule has 80 valence electrons. The SMILES string of the molecule is C=C(C(=O)c1ccc(Br)cc1)[Si](C)(C)C. The highest BCUT2D eigenvalue weighted by atomic mass is 79.9. The summed E-state index contributed by atoms with van der Waals surface area (Å²) in [5, 5.41) is 0.782. The Kier molecular flexibility index (Phi) is 3.68. The van der Waals surface area contributed by atoms with E-state index in [1.807, 2.05) is 24.3 Å². The van der Waals surface area contributed by atoms with Gasteiger partial charge in [0.15, 0.2) is 5.78 Å². The molecule has 1 nitrogen and oxygen atoms in total. The molecular weight excluding hydrogens is 268 g/mol. The molecule has 0 unspecified atom stereocenters. The van der Waals surface area contributed by atoms with Crippen molar-refractivity contribution >= 4 is 29.8 Å². The van der Waals surface area contributed by atoms with Gasteiger partial charge in [0.1, 0.15) is 0 Å². The Hall–Kier alpha value is -0.673. The standard InChI is InChI=1S/C12H15BrOSi/c1-9(15(2,3)4)12(14)10-5-7-11(13)8-6-10/h5-8H,1H2,2-4H3. The number of carbonyl (C=O) groups is 1. The molecule has 0 aliphatic carbocycles. The summed E-state index contributed by atoms with van der Waals surface area (Å²) in [7, 11) is -1.58. The Balaban J connectivity index is 2.96. The van der Waals surface area contributed by atoms with E-state index in [1.54, 1.807) is 0 Å². The van der Waals surface area contributed by atoms with Crippen LogP contribution in [-0.4, -0.2) is 13.9 Å². The minimum Gasteiger partial charge on any atom is -0.289 e. The lowest BCUT2D eigenvalue weighted by molar-refractivity contribution is 0.104. The smallest absolute Gasteiger partial charge is 0.184 e. The van der Waals surface area contributed by atoms with Gasteiger partial charge in [-0.15, -0.1) is 0 Å². The van der Waals surface area contributed by atoms with Gasteiger partial charge in [-0.25, -0.2) is 0 Å².